The Morgan fingerprint density at radius 1 is 1.00 bits per heavy atom. The van der Waals surface area contributed by atoms with Gasteiger partial charge in [-0.1, -0.05) is 57.4 Å². The maximum atomic E-state index is 7.00. The predicted molar refractivity (Wildman–Crippen MR) is 127 cm³/mol. The van der Waals surface area contributed by atoms with E-state index in [1.165, 1.54) is 49.8 Å². The second-order valence-corrected chi connectivity index (χ2v) is 8.41. The van der Waals surface area contributed by atoms with Gasteiger partial charge in [0.15, 0.2) is 0 Å². The van der Waals surface area contributed by atoms with Gasteiger partial charge in [0.05, 0.1) is 6.61 Å². The zero-order valence-electron chi connectivity index (χ0n) is 20.3. The molecule has 1 aromatic rings. The van der Waals surface area contributed by atoms with Crippen molar-refractivity contribution >= 4 is 0 Å². The van der Waals surface area contributed by atoms with Crippen LogP contribution in [0.5, 0.6) is 0 Å². The molecule has 0 unspecified atom stereocenters. The Morgan fingerprint density at radius 3 is 2.33 bits per heavy atom. The number of likely N-dealkylation sites (N-methyl/N-ethyl adjacent to an activating group) is 1. The van der Waals surface area contributed by atoms with E-state index in [0.29, 0.717) is 0 Å². The lowest BCUT2D eigenvalue weighted by Crippen LogP contribution is -2.35. The van der Waals surface area contributed by atoms with Crippen LogP contribution in [0.1, 0.15) is 63.5 Å². The molecule has 2 fully saturated rings. The number of hydroxylamine groups is 2. The fourth-order valence-electron chi connectivity index (χ4n) is 4.22. The van der Waals surface area contributed by atoms with Crippen LogP contribution in [0, 0.1) is 5.92 Å². The molecule has 1 heterocycles. The highest BCUT2D eigenvalue weighted by Crippen LogP contribution is 2.25. The van der Waals surface area contributed by atoms with Crippen LogP contribution in [0.25, 0.3) is 0 Å². The molecule has 0 spiro atoms. The van der Waals surface area contributed by atoms with Gasteiger partial charge in [-0.3, -0.25) is 9.74 Å². The van der Waals surface area contributed by atoms with Crippen LogP contribution in [0.15, 0.2) is 24.3 Å². The molecule has 1 aromatic carbocycles. The first-order chi connectivity index (χ1) is 14.7. The van der Waals surface area contributed by atoms with E-state index in [0.717, 1.165) is 58.8 Å². The van der Waals surface area contributed by atoms with Crippen LogP contribution in [0.3, 0.4) is 0 Å². The van der Waals surface area contributed by atoms with Crippen molar-refractivity contribution in [3.05, 3.63) is 35.4 Å². The number of hydrogen-bond donors (Lipinski definition) is 1. The molecule has 0 aromatic heterocycles. The fraction of sp³-hybridized carbons (Fsp3) is 0.760. The van der Waals surface area contributed by atoms with E-state index in [4.69, 9.17) is 9.94 Å². The second kappa shape index (κ2) is 16.7. The van der Waals surface area contributed by atoms with Gasteiger partial charge in [0, 0.05) is 46.4 Å². The SMILES string of the molecule is CC.CN(C)CCN(Cc1cccc(CN2CCCO2)c1)CC1CCCCC1.CO. The van der Waals surface area contributed by atoms with Crippen molar-refractivity contribution in [2.45, 2.75) is 65.5 Å². The number of aliphatic hydroxyl groups is 1. The minimum Gasteiger partial charge on any atom is -0.400 e. The minimum atomic E-state index is 0.874. The van der Waals surface area contributed by atoms with E-state index in [-0.39, 0.29) is 0 Å². The quantitative estimate of drug-likeness (QED) is 0.640. The largest absolute Gasteiger partial charge is 0.400 e. The second-order valence-electron chi connectivity index (χ2n) is 8.41. The van der Waals surface area contributed by atoms with Gasteiger partial charge in [0.25, 0.3) is 0 Å². The van der Waals surface area contributed by atoms with Gasteiger partial charge < -0.3 is 10.0 Å². The monoisotopic (exact) mass is 421 g/mol. The lowest BCUT2D eigenvalue weighted by molar-refractivity contribution is -0.117. The standard InChI is InChI=1S/C22H37N3O.C2H6.CH4O/c1-23(2)13-14-24(17-20-8-4-3-5-9-20)18-21-10-6-11-22(16-21)19-25-12-7-15-26-25;2*1-2/h6,10-11,16,20H,3-5,7-9,12-15,17-19H2,1-2H3;1-2H3;2H,1H3. The van der Waals surface area contributed by atoms with Crippen molar-refractivity contribution in [1.82, 2.24) is 14.9 Å². The molecule has 1 aliphatic carbocycles. The van der Waals surface area contributed by atoms with E-state index in [1.54, 1.807) is 0 Å². The molecule has 1 N–H and O–H groups in total. The molecule has 30 heavy (non-hydrogen) atoms. The molecule has 0 bridgehead atoms. The normalized spacial score (nSPS) is 17.5. The minimum absolute atomic E-state index is 0.874. The van der Waals surface area contributed by atoms with Crippen molar-refractivity contribution in [3.8, 4) is 0 Å². The summed E-state index contributed by atoms with van der Waals surface area (Å²) in [6, 6.07) is 9.12. The molecule has 174 valence electrons. The number of rotatable bonds is 9. The highest BCUT2D eigenvalue weighted by molar-refractivity contribution is 5.23. The van der Waals surface area contributed by atoms with Crippen molar-refractivity contribution < 1.29 is 9.94 Å². The molecule has 0 atom stereocenters. The average Bonchev–Trinajstić information content (AvgIpc) is 3.29. The molecular weight excluding hydrogens is 374 g/mol. The Kier molecular flexibility index (Phi) is 15.0. The van der Waals surface area contributed by atoms with Crippen molar-refractivity contribution in [2.75, 3.05) is 54.0 Å². The van der Waals surface area contributed by atoms with Gasteiger partial charge >= 0.3 is 0 Å². The maximum Gasteiger partial charge on any atom is 0.0698 e. The smallest absolute Gasteiger partial charge is 0.0698 e. The molecule has 5 heteroatoms. The molecule has 5 nitrogen and oxygen atoms in total. The van der Waals surface area contributed by atoms with Gasteiger partial charge in [-0.15, -0.1) is 0 Å². The Hall–Kier alpha value is -0.980. The first kappa shape index (κ1) is 27.1. The van der Waals surface area contributed by atoms with E-state index in [1.807, 2.05) is 13.8 Å². The van der Waals surface area contributed by atoms with Crippen molar-refractivity contribution in [3.63, 3.8) is 0 Å². The summed E-state index contributed by atoms with van der Waals surface area (Å²) in [7, 11) is 5.35. The first-order valence-electron chi connectivity index (χ1n) is 12.0. The Morgan fingerprint density at radius 2 is 1.70 bits per heavy atom. The molecule has 0 amide bonds. The number of benzene rings is 1. The number of aliphatic hydroxyl groups excluding tert-OH is 1. The van der Waals surface area contributed by atoms with Crippen LogP contribution >= 0.6 is 0 Å². The topological polar surface area (TPSA) is 39.2 Å². The van der Waals surface area contributed by atoms with Crippen molar-refractivity contribution in [1.29, 1.82) is 0 Å². The predicted octanol–water partition coefficient (Wildman–Crippen LogP) is 4.40. The highest BCUT2D eigenvalue weighted by Gasteiger charge is 2.18. The molecule has 1 saturated heterocycles. The lowest BCUT2D eigenvalue weighted by Gasteiger charge is -2.30. The Balaban J connectivity index is 0.00000106. The van der Waals surface area contributed by atoms with Gasteiger partial charge in [-0.25, -0.2) is 0 Å². The summed E-state index contributed by atoms with van der Waals surface area (Å²) in [4.78, 5) is 10.6. The third-order valence-corrected chi connectivity index (χ3v) is 5.69. The number of nitrogens with zero attached hydrogens (tertiary/aromatic N) is 3. The summed E-state index contributed by atoms with van der Waals surface area (Å²) in [5.74, 6) is 0.895. The summed E-state index contributed by atoms with van der Waals surface area (Å²) in [6.07, 6.45) is 8.29. The summed E-state index contributed by atoms with van der Waals surface area (Å²) < 4.78 is 0. The Bertz CT molecular complexity index is 527. The van der Waals surface area contributed by atoms with Gasteiger partial charge in [0.2, 0.25) is 0 Å². The number of hydrogen-bond acceptors (Lipinski definition) is 5. The fourth-order valence-corrected chi connectivity index (χ4v) is 4.22. The van der Waals surface area contributed by atoms with Crippen LogP contribution in [-0.2, 0) is 17.9 Å². The van der Waals surface area contributed by atoms with Gasteiger partial charge in [-0.05, 0) is 50.4 Å². The summed E-state index contributed by atoms with van der Waals surface area (Å²) in [5.41, 5.74) is 2.81. The van der Waals surface area contributed by atoms with Crippen molar-refractivity contribution in [2.24, 2.45) is 5.92 Å². The van der Waals surface area contributed by atoms with Gasteiger partial charge in [0.1, 0.15) is 0 Å². The third-order valence-electron chi connectivity index (χ3n) is 5.69. The van der Waals surface area contributed by atoms with Crippen LogP contribution in [0.2, 0.25) is 0 Å². The van der Waals surface area contributed by atoms with E-state index < -0.39 is 0 Å². The van der Waals surface area contributed by atoms with Crippen LogP contribution in [-0.4, -0.2) is 74.0 Å². The summed E-state index contributed by atoms with van der Waals surface area (Å²) in [5, 5.41) is 9.10. The zero-order valence-corrected chi connectivity index (χ0v) is 20.3. The molecule has 1 saturated carbocycles. The lowest BCUT2D eigenvalue weighted by atomic mass is 9.89. The van der Waals surface area contributed by atoms with Gasteiger partial charge in [-0.2, -0.15) is 5.06 Å². The molecule has 2 aliphatic rings. The summed E-state index contributed by atoms with van der Waals surface area (Å²) in [6.45, 7) is 11.5. The molecular formula is C25H47N3O2. The maximum absolute atomic E-state index is 7.00. The van der Waals surface area contributed by atoms with E-state index in [9.17, 15) is 0 Å². The van der Waals surface area contributed by atoms with E-state index >= 15 is 0 Å². The molecule has 3 rings (SSSR count). The zero-order chi connectivity index (χ0) is 22.2. The molecule has 0 radical (unpaired) electrons. The van der Waals surface area contributed by atoms with Crippen LogP contribution in [0.4, 0.5) is 0 Å². The first-order valence-corrected chi connectivity index (χ1v) is 12.0. The van der Waals surface area contributed by atoms with E-state index in [2.05, 4.69) is 53.2 Å². The summed E-state index contributed by atoms with van der Waals surface area (Å²) >= 11 is 0. The van der Waals surface area contributed by atoms with Crippen LogP contribution < -0.4 is 0 Å². The highest BCUT2D eigenvalue weighted by atomic mass is 16.7. The Labute approximate surface area is 186 Å². The average molecular weight is 422 g/mol. The third kappa shape index (κ3) is 10.9. The molecule has 1 aliphatic heterocycles.